The molecule has 27 heavy (non-hydrogen) atoms. The van der Waals surface area contributed by atoms with Crippen LogP contribution in [0.1, 0.15) is 44.2 Å². The molecule has 5 heteroatoms. The van der Waals surface area contributed by atoms with Crippen LogP contribution in [0.2, 0.25) is 0 Å². The SMILES string of the molecule is CC1CC(C)CN(CCNC(=O)NCc2ccccc2CN2CCCC2)C1. The van der Waals surface area contributed by atoms with Gasteiger partial charge in [0.1, 0.15) is 0 Å². The van der Waals surface area contributed by atoms with Crippen LogP contribution in [0.3, 0.4) is 0 Å². The maximum atomic E-state index is 12.2. The third-order valence-electron chi connectivity index (χ3n) is 5.81. The molecule has 2 saturated heterocycles. The molecule has 2 aliphatic heterocycles. The molecule has 2 fully saturated rings. The summed E-state index contributed by atoms with van der Waals surface area (Å²) in [4.78, 5) is 17.2. The van der Waals surface area contributed by atoms with Gasteiger partial charge in [-0.05, 0) is 55.3 Å². The number of piperidine rings is 1. The Bertz CT molecular complexity index is 590. The summed E-state index contributed by atoms with van der Waals surface area (Å²) < 4.78 is 0. The van der Waals surface area contributed by atoms with Crippen molar-refractivity contribution in [3.05, 3.63) is 35.4 Å². The van der Waals surface area contributed by atoms with Crippen LogP contribution in [0.25, 0.3) is 0 Å². The van der Waals surface area contributed by atoms with Gasteiger partial charge in [0.25, 0.3) is 0 Å². The first-order valence-corrected chi connectivity index (χ1v) is 10.6. The fourth-order valence-corrected chi connectivity index (χ4v) is 4.61. The maximum Gasteiger partial charge on any atom is 0.315 e. The number of hydrogen-bond donors (Lipinski definition) is 2. The van der Waals surface area contributed by atoms with Gasteiger partial charge in [-0.3, -0.25) is 4.90 Å². The fourth-order valence-electron chi connectivity index (χ4n) is 4.61. The molecule has 2 unspecified atom stereocenters. The van der Waals surface area contributed by atoms with Crippen LogP contribution in [0.15, 0.2) is 24.3 Å². The van der Waals surface area contributed by atoms with E-state index in [-0.39, 0.29) is 6.03 Å². The first kappa shape index (κ1) is 20.2. The van der Waals surface area contributed by atoms with E-state index in [4.69, 9.17) is 0 Å². The van der Waals surface area contributed by atoms with Gasteiger partial charge >= 0.3 is 6.03 Å². The van der Waals surface area contributed by atoms with Crippen molar-refractivity contribution in [1.29, 1.82) is 0 Å². The summed E-state index contributed by atoms with van der Waals surface area (Å²) in [5.41, 5.74) is 2.55. The van der Waals surface area contributed by atoms with Gasteiger partial charge in [0.05, 0.1) is 0 Å². The minimum atomic E-state index is -0.0657. The maximum absolute atomic E-state index is 12.2. The molecule has 2 atom stereocenters. The summed E-state index contributed by atoms with van der Waals surface area (Å²) in [7, 11) is 0. The molecule has 2 heterocycles. The Hall–Kier alpha value is -1.59. The van der Waals surface area contributed by atoms with Gasteiger partial charge in [-0.25, -0.2) is 4.79 Å². The Kier molecular flexibility index (Phi) is 7.53. The molecule has 2 N–H and O–H groups in total. The van der Waals surface area contributed by atoms with Gasteiger partial charge in [-0.15, -0.1) is 0 Å². The number of urea groups is 1. The lowest BCUT2D eigenvalue weighted by molar-refractivity contribution is 0.142. The quantitative estimate of drug-likeness (QED) is 0.773. The number of nitrogens with one attached hydrogen (secondary N) is 2. The molecule has 2 aliphatic rings. The Morgan fingerprint density at radius 1 is 1.00 bits per heavy atom. The largest absolute Gasteiger partial charge is 0.337 e. The van der Waals surface area contributed by atoms with E-state index in [1.54, 1.807) is 0 Å². The third kappa shape index (κ3) is 6.51. The monoisotopic (exact) mass is 372 g/mol. The molecule has 3 rings (SSSR count). The van der Waals surface area contributed by atoms with E-state index in [1.165, 1.54) is 43.5 Å². The average molecular weight is 373 g/mol. The number of amides is 2. The van der Waals surface area contributed by atoms with Gasteiger partial charge in [-0.2, -0.15) is 0 Å². The Morgan fingerprint density at radius 3 is 2.37 bits per heavy atom. The average Bonchev–Trinajstić information content (AvgIpc) is 3.13. The first-order valence-electron chi connectivity index (χ1n) is 10.6. The van der Waals surface area contributed by atoms with Crippen LogP contribution in [0.5, 0.6) is 0 Å². The molecule has 0 radical (unpaired) electrons. The summed E-state index contributed by atoms with van der Waals surface area (Å²) in [5, 5.41) is 6.05. The molecule has 0 saturated carbocycles. The third-order valence-corrected chi connectivity index (χ3v) is 5.81. The van der Waals surface area contributed by atoms with Gasteiger partial charge in [0.15, 0.2) is 0 Å². The summed E-state index contributed by atoms with van der Waals surface area (Å²) >= 11 is 0. The van der Waals surface area contributed by atoms with Gasteiger partial charge in [0.2, 0.25) is 0 Å². The number of likely N-dealkylation sites (tertiary alicyclic amines) is 2. The summed E-state index contributed by atoms with van der Waals surface area (Å²) in [6.45, 7) is 12.6. The van der Waals surface area contributed by atoms with Crippen molar-refractivity contribution >= 4 is 6.03 Å². The summed E-state index contributed by atoms with van der Waals surface area (Å²) in [6, 6.07) is 8.40. The van der Waals surface area contributed by atoms with E-state index < -0.39 is 0 Å². The summed E-state index contributed by atoms with van der Waals surface area (Å²) in [5.74, 6) is 1.52. The highest BCUT2D eigenvalue weighted by Crippen LogP contribution is 2.20. The van der Waals surface area contributed by atoms with Crippen LogP contribution < -0.4 is 10.6 Å². The normalized spacial score (nSPS) is 24.1. The van der Waals surface area contributed by atoms with E-state index in [2.05, 4.69) is 58.5 Å². The number of nitrogens with zero attached hydrogens (tertiary/aromatic N) is 2. The number of rotatable bonds is 7. The van der Waals surface area contributed by atoms with Gasteiger partial charge < -0.3 is 15.5 Å². The number of benzene rings is 1. The zero-order valence-corrected chi connectivity index (χ0v) is 17.0. The van der Waals surface area contributed by atoms with Crippen molar-refractivity contribution in [2.24, 2.45) is 11.8 Å². The second-order valence-electron chi connectivity index (χ2n) is 8.57. The molecule has 2 amide bonds. The van der Waals surface area contributed by atoms with Crippen molar-refractivity contribution in [1.82, 2.24) is 20.4 Å². The smallest absolute Gasteiger partial charge is 0.315 e. The van der Waals surface area contributed by atoms with Crippen molar-refractivity contribution in [2.75, 3.05) is 39.3 Å². The van der Waals surface area contributed by atoms with Crippen molar-refractivity contribution in [3.63, 3.8) is 0 Å². The van der Waals surface area contributed by atoms with E-state index in [0.29, 0.717) is 13.1 Å². The fraction of sp³-hybridized carbons (Fsp3) is 0.682. The van der Waals surface area contributed by atoms with E-state index in [0.717, 1.165) is 38.0 Å². The van der Waals surface area contributed by atoms with Crippen LogP contribution in [0, 0.1) is 11.8 Å². The van der Waals surface area contributed by atoms with Crippen molar-refractivity contribution in [3.8, 4) is 0 Å². The van der Waals surface area contributed by atoms with Gasteiger partial charge in [-0.1, -0.05) is 38.1 Å². The predicted octanol–water partition coefficient (Wildman–Crippen LogP) is 3.06. The molecular weight excluding hydrogens is 336 g/mol. The first-order chi connectivity index (χ1) is 13.1. The molecule has 5 nitrogen and oxygen atoms in total. The van der Waals surface area contributed by atoms with Crippen LogP contribution in [-0.4, -0.2) is 55.1 Å². The van der Waals surface area contributed by atoms with E-state index in [9.17, 15) is 4.79 Å². The Labute approximate surface area is 164 Å². The number of carbonyl (C=O) groups is 1. The van der Waals surface area contributed by atoms with E-state index in [1.807, 2.05) is 0 Å². The predicted molar refractivity (Wildman–Crippen MR) is 111 cm³/mol. The summed E-state index contributed by atoms with van der Waals surface area (Å²) in [6.07, 6.45) is 3.93. The Balaban J connectivity index is 1.39. The minimum absolute atomic E-state index is 0.0657. The molecule has 0 aromatic heterocycles. The minimum Gasteiger partial charge on any atom is -0.337 e. The topological polar surface area (TPSA) is 47.6 Å². The highest BCUT2D eigenvalue weighted by atomic mass is 16.2. The molecule has 1 aromatic carbocycles. The molecule has 0 aliphatic carbocycles. The molecule has 1 aromatic rings. The lowest BCUT2D eigenvalue weighted by Gasteiger charge is -2.34. The van der Waals surface area contributed by atoms with E-state index >= 15 is 0 Å². The van der Waals surface area contributed by atoms with Crippen LogP contribution in [0.4, 0.5) is 4.79 Å². The zero-order chi connectivity index (χ0) is 19.1. The van der Waals surface area contributed by atoms with Gasteiger partial charge in [0, 0.05) is 39.3 Å². The number of carbonyl (C=O) groups excluding carboxylic acids is 1. The zero-order valence-electron chi connectivity index (χ0n) is 17.0. The molecular formula is C22H36N4O. The van der Waals surface area contributed by atoms with Crippen LogP contribution in [-0.2, 0) is 13.1 Å². The van der Waals surface area contributed by atoms with Crippen LogP contribution >= 0.6 is 0 Å². The molecule has 150 valence electrons. The Morgan fingerprint density at radius 2 is 1.67 bits per heavy atom. The second kappa shape index (κ2) is 10.1. The highest BCUT2D eigenvalue weighted by Gasteiger charge is 2.21. The lowest BCUT2D eigenvalue weighted by atomic mass is 9.92. The molecule has 0 spiro atoms. The second-order valence-corrected chi connectivity index (χ2v) is 8.57. The van der Waals surface area contributed by atoms with Crippen molar-refractivity contribution < 1.29 is 4.79 Å². The standard InChI is InChI=1S/C22H36N4O/c1-18-13-19(2)16-26(15-18)12-9-23-22(27)24-14-20-7-3-4-8-21(20)17-25-10-5-6-11-25/h3-4,7-8,18-19H,5-6,9-17H2,1-2H3,(H2,23,24,27). The van der Waals surface area contributed by atoms with Crippen molar-refractivity contribution in [2.45, 2.75) is 46.2 Å². The highest BCUT2D eigenvalue weighted by molar-refractivity contribution is 5.73. The lowest BCUT2D eigenvalue weighted by Crippen LogP contribution is -2.44. The molecule has 0 bridgehead atoms. The number of hydrogen-bond acceptors (Lipinski definition) is 3.